The summed E-state index contributed by atoms with van der Waals surface area (Å²) in [6, 6.07) is 27.6. The van der Waals surface area contributed by atoms with Crippen LogP contribution >= 0.6 is 0 Å². The summed E-state index contributed by atoms with van der Waals surface area (Å²) >= 11 is 0. The number of hydrogen-bond acceptors (Lipinski definition) is 3. The maximum atomic E-state index is 11.5. The Kier molecular flexibility index (Phi) is 9.88. The van der Waals surface area contributed by atoms with E-state index in [2.05, 4.69) is 85.9 Å². The molecule has 0 aliphatic heterocycles. The molecule has 0 bridgehead atoms. The van der Waals surface area contributed by atoms with Crippen molar-refractivity contribution in [2.24, 2.45) is 0 Å². The van der Waals surface area contributed by atoms with Gasteiger partial charge in [-0.2, -0.15) is 0 Å². The lowest BCUT2D eigenvalue weighted by atomic mass is 9.86. The lowest BCUT2D eigenvalue weighted by Crippen LogP contribution is -2.22. The van der Waals surface area contributed by atoms with Gasteiger partial charge in [-0.25, -0.2) is 0 Å². The van der Waals surface area contributed by atoms with Gasteiger partial charge in [0.25, 0.3) is 0 Å². The van der Waals surface area contributed by atoms with Crippen molar-refractivity contribution in [2.75, 3.05) is 33.8 Å². The molecular weight excluding hydrogens is 432 g/mol. The van der Waals surface area contributed by atoms with Crippen LogP contribution in [0.25, 0.3) is 11.1 Å². The van der Waals surface area contributed by atoms with Gasteiger partial charge in [0.05, 0.1) is 0 Å². The Morgan fingerprint density at radius 3 is 2.26 bits per heavy atom. The molecule has 0 fully saturated rings. The van der Waals surface area contributed by atoms with E-state index in [-0.39, 0.29) is 5.91 Å². The Morgan fingerprint density at radius 1 is 0.914 bits per heavy atom. The molecule has 35 heavy (non-hydrogen) atoms. The molecule has 3 aromatic rings. The summed E-state index contributed by atoms with van der Waals surface area (Å²) in [5.74, 6) is 0.830. The minimum absolute atomic E-state index is 0.0132. The lowest BCUT2D eigenvalue weighted by molar-refractivity contribution is -0.123. The maximum Gasteiger partial charge on any atom is 0.245 e. The zero-order chi connectivity index (χ0) is 25.0. The number of hydrogen-bond donors (Lipinski definition) is 1. The fourth-order valence-electron chi connectivity index (χ4n) is 3.96. The van der Waals surface area contributed by atoms with Gasteiger partial charge in [-0.3, -0.25) is 4.79 Å². The molecule has 1 amide bonds. The monoisotopic (exact) mass is 468 g/mol. The maximum absolute atomic E-state index is 11.5. The second kappa shape index (κ2) is 13.3. The molecule has 0 saturated heterocycles. The Hall–Kier alpha value is -3.63. The number of aryl methyl sites for hydroxylation is 1. The first kappa shape index (κ1) is 26.0. The van der Waals surface area contributed by atoms with Crippen molar-refractivity contribution >= 4 is 17.1 Å². The van der Waals surface area contributed by atoms with Crippen molar-refractivity contribution in [3.05, 3.63) is 113 Å². The second-order valence-electron chi connectivity index (χ2n) is 8.60. The van der Waals surface area contributed by atoms with Crippen molar-refractivity contribution in [2.45, 2.75) is 20.3 Å². The van der Waals surface area contributed by atoms with E-state index in [4.69, 9.17) is 4.74 Å². The Labute approximate surface area is 209 Å². The third kappa shape index (κ3) is 7.43. The first-order valence-electron chi connectivity index (χ1n) is 12.2. The molecule has 182 valence electrons. The van der Waals surface area contributed by atoms with Crippen LogP contribution in [0.1, 0.15) is 35.6 Å². The molecule has 3 rings (SSSR count). The lowest BCUT2D eigenvalue weighted by Gasteiger charge is -2.18. The van der Waals surface area contributed by atoms with E-state index in [0.717, 1.165) is 12.2 Å². The van der Waals surface area contributed by atoms with Gasteiger partial charge >= 0.3 is 0 Å². The first-order chi connectivity index (χ1) is 17.0. The number of ether oxygens (including phenoxy) is 1. The Morgan fingerprint density at radius 2 is 1.60 bits per heavy atom. The summed E-state index contributed by atoms with van der Waals surface area (Å²) < 4.78 is 5.93. The molecule has 4 heteroatoms. The number of nitrogens with zero attached hydrogens (tertiary/aromatic N) is 1. The summed E-state index contributed by atoms with van der Waals surface area (Å²) in [5, 5.41) is 3.26. The number of carbonyl (C=O) groups excluding carboxylic acids is 1. The van der Waals surface area contributed by atoms with Gasteiger partial charge in [-0.1, -0.05) is 79.7 Å². The molecule has 0 aliphatic carbocycles. The standard InChI is InChI=1S/C31H36N2O2/c1-5-28(25-13-7-6-8-14-25)31(29-15-10-9-12-24(29)2)26-17-19-27(20-18-26)35-23-22-32-21-11-16-30(34)33(3)4/h6-20,32H,5,21-23H2,1-4H3/b16-11+,31-28+. The highest BCUT2D eigenvalue weighted by Crippen LogP contribution is 2.36. The van der Waals surface area contributed by atoms with Gasteiger partial charge in [0, 0.05) is 33.3 Å². The molecule has 0 unspecified atom stereocenters. The number of likely N-dealkylation sites (N-methyl/N-ethyl adjacent to an activating group) is 1. The molecule has 3 aromatic carbocycles. The number of carbonyl (C=O) groups is 1. The first-order valence-corrected chi connectivity index (χ1v) is 12.2. The van der Waals surface area contributed by atoms with Crippen LogP contribution in [0.2, 0.25) is 0 Å². The molecule has 0 spiro atoms. The summed E-state index contributed by atoms with van der Waals surface area (Å²) in [7, 11) is 3.48. The predicted molar refractivity (Wildman–Crippen MR) is 146 cm³/mol. The van der Waals surface area contributed by atoms with Gasteiger partial charge < -0.3 is 15.0 Å². The molecule has 1 N–H and O–H groups in total. The van der Waals surface area contributed by atoms with Gasteiger partial charge in [0.1, 0.15) is 12.4 Å². The van der Waals surface area contributed by atoms with E-state index in [9.17, 15) is 4.79 Å². The van der Waals surface area contributed by atoms with Gasteiger partial charge in [-0.05, 0) is 58.9 Å². The van der Waals surface area contributed by atoms with E-state index in [1.54, 1.807) is 25.1 Å². The van der Waals surface area contributed by atoms with Crippen molar-refractivity contribution < 1.29 is 9.53 Å². The van der Waals surface area contributed by atoms with E-state index in [1.807, 2.05) is 18.2 Å². The van der Waals surface area contributed by atoms with Crippen molar-refractivity contribution in [3.8, 4) is 5.75 Å². The normalized spacial score (nSPS) is 11.9. The SMILES string of the molecule is CC/C(=C(/c1ccc(OCCNC/C=C/C(=O)N(C)C)cc1)c1ccccc1C)c1ccccc1. The summed E-state index contributed by atoms with van der Waals surface area (Å²) in [5.41, 5.74) is 7.55. The second-order valence-corrected chi connectivity index (χ2v) is 8.60. The molecule has 0 radical (unpaired) electrons. The number of benzene rings is 3. The van der Waals surface area contributed by atoms with Gasteiger partial charge in [0.2, 0.25) is 5.91 Å². The van der Waals surface area contributed by atoms with Crippen molar-refractivity contribution in [3.63, 3.8) is 0 Å². The summed E-state index contributed by atoms with van der Waals surface area (Å²) in [6.07, 6.45) is 4.34. The largest absolute Gasteiger partial charge is 0.492 e. The highest BCUT2D eigenvalue weighted by Gasteiger charge is 2.14. The molecule has 0 atom stereocenters. The van der Waals surface area contributed by atoms with E-state index >= 15 is 0 Å². The molecular formula is C31H36N2O2. The molecule has 0 aromatic heterocycles. The molecule has 0 aliphatic rings. The topological polar surface area (TPSA) is 41.6 Å². The fraction of sp³-hybridized carbons (Fsp3) is 0.258. The number of allylic oxidation sites excluding steroid dienone is 1. The fourth-order valence-corrected chi connectivity index (χ4v) is 3.96. The van der Waals surface area contributed by atoms with Crippen molar-refractivity contribution in [1.82, 2.24) is 10.2 Å². The minimum atomic E-state index is -0.0132. The Bertz CT molecular complexity index is 1150. The van der Waals surface area contributed by atoms with Crippen molar-refractivity contribution in [1.29, 1.82) is 0 Å². The molecule has 0 heterocycles. The third-order valence-corrected chi connectivity index (χ3v) is 5.85. The van der Waals surface area contributed by atoms with Crippen LogP contribution in [0.15, 0.2) is 91.0 Å². The number of nitrogens with one attached hydrogen (secondary N) is 1. The molecule has 0 saturated carbocycles. The number of amides is 1. The van der Waals surface area contributed by atoms with Crippen LogP contribution in [-0.2, 0) is 4.79 Å². The zero-order valence-electron chi connectivity index (χ0n) is 21.3. The van der Waals surface area contributed by atoms with Crippen LogP contribution in [0.5, 0.6) is 5.75 Å². The van der Waals surface area contributed by atoms with Gasteiger partial charge in [-0.15, -0.1) is 0 Å². The average molecular weight is 469 g/mol. The minimum Gasteiger partial charge on any atom is -0.492 e. The van der Waals surface area contributed by atoms with Crippen LogP contribution in [0.3, 0.4) is 0 Å². The Balaban J connectivity index is 1.73. The van der Waals surface area contributed by atoms with E-state index < -0.39 is 0 Å². The predicted octanol–water partition coefficient (Wildman–Crippen LogP) is 5.98. The molecule has 4 nitrogen and oxygen atoms in total. The van der Waals surface area contributed by atoms with Crippen LogP contribution < -0.4 is 10.1 Å². The summed E-state index contributed by atoms with van der Waals surface area (Å²) in [6.45, 7) is 6.27. The van der Waals surface area contributed by atoms with E-state index in [0.29, 0.717) is 19.7 Å². The summed E-state index contributed by atoms with van der Waals surface area (Å²) in [4.78, 5) is 13.1. The quantitative estimate of drug-likeness (QED) is 0.214. The number of rotatable bonds is 11. The van der Waals surface area contributed by atoms with E-state index in [1.165, 1.54) is 33.4 Å². The highest BCUT2D eigenvalue weighted by atomic mass is 16.5. The van der Waals surface area contributed by atoms with Gasteiger partial charge in [0.15, 0.2) is 0 Å². The van der Waals surface area contributed by atoms with Crippen LogP contribution in [0, 0.1) is 6.92 Å². The smallest absolute Gasteiger partial charge is 0.245 e. The average Bonchev–Trinajstić information content (AvgIpc) is 2.88. The zero-order valence-corrected chi connectivity index (χ0v) is 21.3. The van der Waals surface area contributed by atoms with Crippen LogP contribution in [0.4, 0.5) is 0 Å². The third-order valence-electron chi connectivity index (χ3n) is 5.85. The van der Waals surface area contributed by atoms with Crippen LogP contribution in [-0.4, -0.2) is 44.6 Å². The highest BCUT2D eigenvalue weighted by molar-refractivity contribution is 5.99.